The van der Waals surface area contributed by atoms with Gasteiger partial charge in [-0.3, -0.25) is 4.21 Å². The van der Waals surface area contributed by atoms with Crippen molar-refractivity contribution in [2.45, 2.75) is 5.03 Å². The molecule has 2 N–H and O–H groups in total. The van der Waals surface area contributed by atoms with Crippen molar-refractivity contribution in [3.8, 4) is 0 Å². The number of anilines is 1. The van der Waals surface area contributed by atoms with E-state index in [1.165, 1.54) is 18.3 Å². The molecule has 4 nitrogen and oxygen atoms in total. The Bertz CT molecular complexity index is 268. The minimum atomic E-state index is -2.28. The molecule has 1 heterocycles. The van der Waals surface area contributed by atoms with Crippen LogP contribution in [0, 0.1) is 0 Å². The summed E-state index contributed by atoms with van der Waals surface area (Å²) in [4.78, 5) is 3.55. The van der Waals surface area contributed by atoms with Gasteiger partial charge in [-0.05, 0) is 23.2 Å². The number of nitrogens with two attached hydrogens (primary N) is 1. The molecule has 1 unspecified atom stereocenters. The standard InChI is InChI=1S/C5H6N2O2S.Na/c6-4-1-2-7-5(3-4)10(8)9;/h1-3H,(H2,6,7)(H,8,9);/q;+1/p-1. The maximum absolute atomic E-state index is 10.2. The van der Waals surface area contributed by atoms with E-state index in [0.29, 0.717) is 5.69 Å². The maximum atomic E-state index is 10.2. The Kier molecular flexibility index (Phi) is 4.87. The minimum absolute atomic E-state index is 0. The number of rotatable bonds is 1. The molecule has 0 aliphatic rings. The molecule has 6 heteroatoms. The van der Waals surface area contributed by atoms with Gasteiger partial charge in [-0.25, -0.2) is 4.98 Å². The first-order valence-electron chi connectivity index (χ1n) is 2.51. The topological polar surface area (TPSA) is 79.0 Å². The monoisotopic (exact) mass is 180 g/mol. The van der Waals surface area contributed by atoms with Gasteiger partial charge in [0, 0.05) is 11.9 Å². The summed E-state index contributed by atoms with van der Waals surface area (Å²) in [6.45, 7) is 0. The SMILES string of the molecule is Nc1ccnc(S(=O)[O-])c1.[Na+]. The van der Waals surface area contributed by atoms with Gasteiger partial charge in [-0.1, -0.05) is 0 Å². The number of aromatic nitrogens is 1. The Morgan fingerprint density at radius 1 is 1.64 bits per heavy atom. The molecule has 1 atom stereocenters. The van der Waals surface area contributed by atoms with Gasteiger partial charge in [-0.15, -0.1) is 0 Å². The number of nitrogen functional groups attached to an aromatic ring is 1. The summed E-state index contributed by atoms with van der Waals surface area (Å²) in [7, 11) is 0. The van der Waals surface area contributed by atoms with E-state index in [1.54, 1.807) is 0 Å². The zero-order valence-electron chi connectivity index (χ0n) is 5.98. The summed E-state index contributed by atoms with van der Waals surface area (Å²) in [6, 6.07) is 2.82. The van der Waals surface area contributed by atoms with Crippen LogP contribution in [0.4, 0.5) is 5.69 Å². The molecule has 11 heavy (non-hydrogen) atoms. The number of pyridine rings is 1. The van der Waals surface area contributed by atoms with Crippen LogP contribution in [0.3, 0.4) is 0 Å². The first kappa shape index (κ1) is 11.1. The summed E-state index contributed by atoms with van der Waals surface area (Å²) in [6.07, 6.45) is 1.35. The van der Waals surface area contributed by atoms with Crippen LogP contribution in [0.15, 0.2) is 23.4 Å². The van der Waals surface area contributed by atoms with Crippen molar-refractivity contribution >= 4 is 16.8 Å². The minimum Gasteiger partial charge on any atom is -0.767 e. The van der Waals surface area contributed by atoms with Gasteiger partial charge < -0.3 is 10.3 Å². The molecule has 0 saturated heterocycles. The van der Waals surface area contributed by atoms with Crippen molar-refractivity contribution in [3.63, 3.8) is 0 Å². The van der Waals surface area contributed by atoms with Gasteiger partial charge in [-0.2, -0.15) is 0 Å². The van der Waals surface area contributed by atoms with Gasteiger partial charge in [0.15, 0.2) is 0 Å². The molecule has 0 aliphatic carbocycles. The largest absolute Gasteiger partial charge is 1.00 e. The molecule has 0 saturated carbocycles. The second-order valence-corrected chi connectivity index (χ2v) is 2.55. The van der Waals surface area contributed by atoms with Crippen molar-refractivity contribution in [3.05, 3.63) is 18.3 Å². The third-order valence-corrected chi connectivity index (χ3v) is 1.49. The molecule has 0 amide bonds. The molecular weight excluding hydrogens is 175 g/mol. The van der Waals surface area contributed by atoms with Crippen LogP contribution < -0.4 is 35.3 Å². The van der Waals surface area contributed by atoms with Crippen LogP contribution in [0.2, 0.25) is 0 Å². The quantitative estimate of drug-likeness (QED) is 0.367. The van der Waals surface area contributed by atoms with Crippen LogP contribution in [0.25, 0.3) is 0 Å². The van der Waals surface area contributed by atoms with E-state index in [9.17, 15) is 8.76 Å². The Hall–Kier alpha value is 0.0600. The molecule has 0 spiro atoms. The molecule has 54 valence electrons. The van der Waals surface area contributed by atoms with Crippen LogP contribution in [0.1, 0.15) is 0 Å². The molecule has 1 aromatic heterocycles. The van der Waals surface area contributed by atoms with Crippen LogP contribution in [-0.4, -0.2) is 13.7 Å². The molecule has 1 rings (SSSR count). The summed E-state index contributed by atoms with van der Waals surface area (Å²) in [5.41, 5.74) is 5.68. The van der Waals surface area contributed by atoms with Gasteiger partial charge in [0.1, 0.15) is 5.03 Å². The maximum Gasteiger partial charge on any atom is 1.00 e. The van der Waals surface area contributed by atoms with Crippen molar-refractivity contribution < 1.29 is 38.3 Å². The van der Waals surface area contributed by atoms with Crippen molar-refractivity contribution in [2.75, 3.05) is 5.73 Å². The van der Waals surface area contributed by atoms with E-state index < -0.39 is 11.1 Å². The van der Waals surface area contributed by atoms with Gasteiger partial charge in [0.25, 0.3) is 0 Å². The van der Waals surface area contributed by atoms with E-state index in [-0.39, 0.29) is 34.6 Å². The summed E-state index contributed by atoms with van der Waals surface area (Å²) in [5.74, 6) is 0. The number of hydrogen-bond acceptors (Lipinski definition) is 4. The first-order chi connectivity index (χ1) is 4.70. The van der Waals surface area contributed by atoms with E-state index in [1.807, 2.05) is 0 Å². The molecule has 0 bridgehead atoms. The number of hydrogen-bond donors (Lipinski definition) is 1. The summed E-state index contributed by atoms with van der Waals surface area (Å²) < 4.78 is 20.5. The zero-order valence-corrected chi connectivity index (χ0v) is 8.80. The fourth-order valence-electron chi connectivity index (χ4n) is 0.516. The Morgan fingerprint density at radius 2 is 2.27 bits per heavy atom. The molecular formula is C5H5N2NaO2S. The van der Waals surface area contributed by atoms with E-state index in [2.05, 4.69) is 4.98 Å². The molecule has 0 aliphatic heterocycles. The zero-order chi connectivity index (χ0) is 7.56. The Labute approximate surface area is 88.8 Å². The average Bonchev–Trinajstić information content (AvgIpc) is 1.88. The van der Waals surface area contributed by atoms with E-state index >= 15 is 0 Å². The summed E-state index contributed by atoms with van der Waals surface area (Å²) in [5, 5.41) is -0.0278. The Balaban J connectivity index is 0.000001000. The van der Waals surface area contributed by atoms with Crippen molar-refractivity contribution in [2.24, 2.45) is 0 Å². The molecule has 0 radical (unpaired) electrons. The second-order valence-electron chi connectivity index (χ2n) is 1.66. The molecule has 0 aromatic carbocycles. The normalized spacial score (nSPS) is 11.7. The van der Waals surface area contributed by atoms with Gasteiger partial charge >= 0.3 is 29.6 Å². The molecule has 1 aromatic rings. The second kappa shape index (κ2) is 4.84. The van der Waals surface area contributed by atoms with Crippen LogP contribution >= 0.6 is 0 Å². The van der Waals surface area contributed by atoms with E-state index in [0.717, 1.165) is 0 Å². The predicted molar refractivity (Wildman–Crippen MR) is 35.8 cm³/mol. The third kappa shape index (κ3) is 3.31. The van der Waals surface area contributed by atoms with Crippen LogP contribution in [-0.2, 0) is 11.1 Å². The smallest absolute Gasteiger partial charge is 0.767 e. The average molecular weight is 180 g/mol. The number of nitrogens with zero attached hydrogens (tertiary/aromatic N) is 1. The fourth-order valence-corrected chi connectivity index (χ4v) is 0.895. The first-order valence-corrected chi connectivity index (χ1v) is 3.58. The van der Waals surface area contributed by atoms with E-state index in [4.69, 9.17) is 5.73 Å². The Morgan fingerprint density at radius 3 is 2.64 bits per heavy atom. The van der Waals surface area contributed by atoms with Gasteiger partial charge in [0.2, 0.25) is 0 Å². The van der Waals surface area contributed by atoms with Gasteiger partial charge in [0.05, 0.1) is 0 Å². The fraction of sp³-hybridized carbons (Fsp3) is 0. The van der Waals surface area contributed by atoms with Crippen LogP contribution in [0.5, 0.6) is 0 Å². The van der Waals surface area contributed by atoms with Crippen molar-refractivity contribution in [1.29, 1.82) is 0 Å². The third-order valence-electron chi connectivity index (χ3n) is 0.930. The summed E-state index contributed by atoms with van der Waals surface area (Å²) >= 11 is -2.28. The van der Waals surface area contributed by atoms with Crippen molar-refractivity contribution in [1.82, 2.24) is 4.98 Å². The predicted octanol–water partition coefficient (Wildman–Crippen LogP) is -3.09. The molecule has 0 fully saturated rings.